The van der Waals surface area contributed by atoms with Crippen LogP contribution in [0.5, 0.6) is 0 Å². The van der Waals surface area contributed by atoms with Crippen LogP contribution in [0, 0.1) is 5.92 Å². The molecule has 1 N–H and O–H groups in total. The van der Waals surface area contributed by atoms with Crippen LogP contribution in [0.2, 0.25) is 0 Å². The van der Waals surface area contributed by atoms with Crippen molar-refractivity contribution >= 4 is 22.5 Å². The van der Waals surface area contributed by atoms with E-state index in [0.717, 1.165) is 5.92 Å². The Hall–Kier alpha value is 0.160. The van der Waals surface area contributed by atoms with Crippen molar-refractivity contribution in [2.75, 3.05) is 25.9 Å². The fraction of sp³-hybridized carbons (Fsp3) is 1.00. The van der Waals surface area contributed by atoms with E-state index in [1.807, 2.05) is 4.90 Å². The van der Waals surface area contributed by atoms with E-state index >= 15 is 0 Å². The highest BCUT2D eigenvalue weighted by atomic mass is 35.5. The third-order valence-electron chi connectivity index (χ3n) is 2.72. The van der Waals surface area contributed by atoms with Crippen molar-refractivity contribution in [3.05, 3.63) is 0 Å². The molecule has 0 aromatic carbocycles. The average Bonchev–Trinajstić information content (AvgIpc) is 2.05. The van der Waals surface area contributed by atoms with E-state index in [1.54, 1.807) is 0 Å². The second-order valence-electron chi connectivity index (χ2n) is 3.94. The summed E-state index contributed by atoms with van der Waals surface area (Å²) in [4.78, 5) is 1.87. The predicted octanol–water partition coefficient (Wildman–Crippen LogP) is -0.732. The Kier molecular flexibility index (Phi) is 5.97. The molecule has 3 fully saturated rings. The van der Waals surface area contributed by atoms with E-state index in [1.165, 1.54) is 38.9 Å². The quantitative estimate of drug-likeness (QED) is 0.571. The number of hydrogen-bond donors (Lipinski definition) is 1. The molecule has 3 saturated heterocycles. The van der Waals surface area contributed by atoms with E-state index in [-0.39, 0.29) is 12.4 Å². The minimum Gasteiger partial charge on any atom is -0.748 e. The molecule has 3 aliphatic heterocycles. The molecular formula is C8H18ClNO3S. The molecule has 0 amide bonds. The molecule has 0 aliphatic carbocycles. The van der Waals surface area contributed by atoms with Gasteiger partial charge in [0.05, 0.1) is 29.8 Å². The molecule has 3 aliphatic rings. The Labute approximate surface area is 91.8 Å². The Morgan fingerprint density at radius 1 is 1.14 bits per heavy atom. The lowest BCUT2D eigenvalue weighted by molar-refractivity contribution is -0.916. The van der Waals surface area contributed by atoms with E-state index in [4.69, 9.17) is 13.0 Å². The van der Waals surface area contributed by atoms with Gasteiger partial charge in [0.2, 0.25) is 0 Å². The Morgan fingerprint density at radius 2 is 1.43 bits per heavy atom. The summed E-state index contributed by atoms with van der Waals surface area (Å²) >= 11 is 0. The van der Waals surface area contributed by atoms with E-state index in [0.29, 0.717) is 6.26 Å². The number of rotatable bonds is 0. The zero-order chi connectivity index (χ0) is 9.90. The van der Waals surface area contributed by atoms with E-state index < -0.39 is 10.1 Å². The van der Waals surface area contributed by atoms with Gasteiger partial charge in [-0.3, -0.25) is 0 Å². The molecule has 6 heteroatoms. The van der Waals surface area contributed by atoms with Gasteiger partial charge in [-0.25, -0.2) is 8.42 Å². The monoisotopic (exact) mass is 243 g/mol. The van der Waals surface area contributed by atoms with Gasteiger partial charge < -0.3 is 9.45 Å². The lowest BCUT2D eigenvalue weighted by atomic mass is 9.89. The molecular weight excluding hydrogens is 226 g/mol. The number of hydrogen-bond acceptors (Lipinski definition) is 3. The van der Waals surface area contributed by atoms with Crippen LogP contribution in [-0.2, 0) is 10.1 Å². The number of piperidine rings is 3. The van der Waals surface area contributed by atoms with Gasteiger partial charge in [0, 0.05) is 6.26 Å². The summed E-state index contributed by atoms with van der Waals surface area (Å²) in [5.74, 6) is 1.13. The first-order valence-corrected chi connectivity index (χ1v) is 6.51. The van der Waals surface area contributed by atoms with E-state index in [2.05, 4.69) is 0 Å². The zero-order valence-corrected chi connectivity index (χ0v) is 9.99. The molecule has 0 spiro atoms. The van der Waals surface area contributed by atoms with Gasteiger partial charge in [-0.05, 0) is 25.2 Å². The third kappa shape index (κ3) is 6.59. The first kappa shape index (κ1) is 14.2. The smallest absolute Gasteiger partial charge is 0.0916 e. The first-order chi connectivity index (χ1) is 5.95. The normalized spacial score (nSPS) is 29.9. The molecule has 0 radical (unpaired) electrons. The lowest BCUT2D eigenvalue weighted by Crippen LogP contribution is -3.14. The highest BCUT2D eigenvalue weighted by Gasteiger charge is 2.27. The van der Waals surface area contributed by atoms with Crippen LogP contribution in [0.15, 0.2) is 0 Å². The molecule has 0 aromatic heterocycles. The highest BCUT2D eigenvalue weighted by Crippen LogP contribution is 2.16. The van der Waals surface area contributed by atoms with Crippen LogP contribution in [0.3, 0.4) is 0 Å². The molecule has 0 unspecified atom stereocenters. The topological polar surface area (TPSA) is 61.6 Å². The molecule has 14 heavy (non-hydrogen) atoms. The van der Waals surface area contributed by atoms with Crippen molar-refractivity contribution in [2.45, 2.75) is 19.3 Å². The van der Waals surface area contributed by atoms with Crippen molar-refractivity contribution in [3.63, 3.8) is 0 Å². The second kappa shape index (κ2) is 5.90. The maximum atomic E-state index is 9.08. The van der Waals surface area contributed by atoms with Crippen LogP contribution < -0.4 is 4.90 Å². The Morgan fingerprint density at radius 3 is 1.50 bits per heavy atom. The minimum absolute atomic E-state index is 0. The summed E-state index contributed by atoms with van der Waals surface area (Å²) in [7, 11) is -3.92. The molecule has 4 nitrogen and oxygen atoms in total. The van der Waals surface area contributed by atoms with Crippen LogP contribution in [0.25, 0.3) is 0 Å². The van der Waals surface area contributed by atoms with Crippen LogP contribution in [0.4, 0.5) is 0 Å². The summed E-state index contributed by atoms with van der Waals surface area (Å²) in [5, 5.41) is 0. The fourth-order valence-electron chi connectivity index (χ4n) is 2.03. The number of fused-ring (bicyclic) bond motifs is 3. The van der Waals surface area contributed by atoms with Crippen molar-refractivity contribution in [3.8, 4) is 0 Å². The maximum absolute atomic E-state index is 9.08. The fourth-order valence-corrected chi connectivity index (χ4v) is 2.03. The standard InChI is InChI=1S/C7H13N.CH4O3S.ClH/c1-4-8-5-2-7(1)3-6-8;1-5(2,3)4;/h7H,1-6H2;1H3,(H,2,3,4);1H. The predicted molar refractivity (Wildman–Crippen MR) is 55.8 cm³/mol. The maximum Gasteiger partial charge on any atom is 0.0916 e. The van der Waals surface area contributed by atoms with Gasteiger partial charge in [0.1, 0.15) is 0 Å². The molecule has 86 valence electrons. The zero-order valence-electron chi connectivity index (χ0n) is 8.36. The second-order valence-corrected chi connectivity index (χ2v) is 5.34. The Bertz CT molecular complexity index is 216. The molecule has 0 saturated carbocycles. The van der Waals surface area contributed by atoms with Gasteiger partial charge in [-0.2, -0.15) is 0 Å². The lowest BCUT2D eigenvalue weighted by Gasteiger charge is -2.35. The largest absolute Gasteiger partial charge is 0.748 e. The minimum atomic E-state index is -3.92. The number of halogens is 1. The summed E-state index contributed by atoms with van der Waals surface area (Å²) in [6.07, 6.45) is 5.17. The summed E-state index contributed by atoms with van der Waals surface area (Å²) < 4.78 is 27.2. The molecule has 0 atom stereocenters. The van der Waals surface area contributed by atoms with Gasteiger partial charge in [0.25, 0.3) is 0 Å². The van der Waals surface area contributed by atoms with Crippen molar-refractivity contribution in [1.82, 2.24) is 0 Å². The molecule has 3 heterocycles. The van der Waals surface area contributed by atoms with Crippen LogP contribution in [-0.4, -0.2) is 38.9 Å². The van der Waals surface area contributed by atoms with Gasteiger partial charge in [-0.15, -0.1) is 12.4 Å². The summed E-state index contributed by atoms with van der Waals surface area (Å²) in [6, 6.07) is 0. The molecule has 3 rings (SSSR count). The number of quaternary nitrogens is 1. The van der Waals surface area contributed by atoms with Crippen molar-refractivity contribution in [1.29, 1.82) is 0 Å². The van der Waals surface area contributed by atoms with Crippen LogP contribution >= 0.6 is 12.4 Å². The summed E-state index contributed by atoms with van der Waals surface area (Å²) in [6.45, 7) is 4.43. The van der Waals surface area contributed by atoms with Gasteiger partial charge >= 0.3 is 0 Å². The summed E-state index contributed by atoms with van der Waals surface area (Å²) in [5.41, 5.74) is 0. The average molecular weight is 244 g/mol. The Balaban J connectivity index is 0.000000253. The highest BCUT2D eigenvalue weighted by molar-refractivity contribution is 7.84. The van der Waals surface area contributed by atoms with Gasteiger partial charge in [-0.1, -0.05) is 0 Å². The molecule has 0 aromatic rings. The van der Waals surface area contributed by atoms with Crippen molar-refractivity contribution < 1.29 is 17.9 Å². The first-order valence-electron chi connectivity index (χ1n) is 4.69. The van der Waals surface area contributed by atoms with Crippen molar-refractivity contribution in [2.24, 2.45) is 5.92 Å². The van der Waals surface area contributed by atoms with Gasteiger partial charge in [0.15, 0.2) is 0 Å². The molecule has 2 bridgehead atoms. The number of nitrogens with one attached hydrogen (secondary N) is 1. The SMILES string of the molecule is C1C[NH+]2CCC1CC2.CS(=O)(=O)[O-].Cl. The third-order valence-corrected chi connectivity index (χ3v) is 2.72. The van der Waals surface area contributed by atoms with Crippen LogP contribution in [0.1, 0.15) is 19.3 Å². The van der Waals surface area contributed by atoms with E-state index in [9.17, 15) is 0 Å².